The lowest BCUT2D eigenvalue weighted by Crippen LogP contribution is -2.41. The van der Waals surface area contributed by atoms with Crippen molar-refractivity contribution in [1.29, 1.82) is 0 Å². The van der Waals surface area contributed by atoms with Crippen LogP contribution in [0.5, 0.6) is 0 Å². The van der Waals surface area contributed by atoms with E-state index in [4.69, 9.17) is 0 Å². The predicted octanol–water partition coefficient (Wildman–Crippen LogP) is 1.67. The highest BCUT2D eigenvalue weighted by Gasteiger charge is 2.24. The summed E-state index contributed by atoms with van der Waals surface area (Å²) in [5.41, 5.74) is -0.370. The SMILES string of the molecule is CCc1nsc(NC(C)(C)C(C)O)n1. The quantitative estimate of drug-likeness (QED) is 0.802. The summed E-state index contributed by atoms with van der Waals surface area (Å²) in [6.07, 6.45) is 0.407. The van der Waals surface area contributed by atoms with Crippen LogP contribution in [0.3, 0.4) is 0 Å². The van der Waals surface area contributed by atoms with Gasteiger partial charge in [0.15, 0.2) is 0 Å². The summed E-state index contributed by atoms with van der Waals surface area (Å²) in [6, 6.07) is 0. The molecule has 5 heteroatoms. The average Bonchev–Trinajstić information content (AvgIpc) is 2.51. The highest BCUT2D eigenvalue weighted by atomic mass is 32.1. The van der Waals surface area contributed by atoms with Gasteiger partial charge in [0.25, 0.3) is 0 Å². The van der Waals surface area contributed by atoms with Crippen molar-refractivity contribution in [2.24, 2.45) is 0 Å². The Morgan fingerprint density at radius 1 is 1.57 bits per heavy atom. The Morgan fingerprint density at radius 2 is 2.21 bits per heavy atom. The zero-order valence-electron chi connectivity index (χ0n) is 9.03. The van der Waals surface area contributed by atoms with Crippen molar-refractivity contribution in [2.75, 3.05) is 5.32 Å². The minimum absolute atomic E-state index is 0.370. The number of nitrogens with one attached hydrogen (secondary N) is 1. The van der Waals surface area contributed by atoms with Gasteiger partial charge in [-0.3, -0.25) is 0 Å². The van der Waals surface area contributed by atoms with Gasteiger partial charge in [0.1, 0.15) is 5.82 Å². The van der Waals surface area contributed by atoms with Crippen LogP contribution < -0.4 is 5.32 Å². The summed E-state index contributed by atoms with van der Waals surface area (Å²) in [4.78, 5) is 4.28. The molecule has 0 saturated carbocycles. The van der Waals surface area contributed by atoms with Gasteiger partial charge in [-0.2, -0.15) is 4.37 Å². The fourth-order valence-corrected chi connectivity index (χ4v) is 1.65. The molecule has 1 unspecified atom stereocenters. The van der Waals surface area contributed by atoms with Gasteiger partial charge >= 0.3 is 0 Å². The van der Waals surface area contributed by atoms with Crippen LogP contribution in [0.15, 0.2) is 0 Å². The first-order valence-corrected chi connectivity index (χ1v) is 5.52. The third-order valence-corrected chi connectivity index (χ3v) is 2.93. The zero-order valence-corrected chi connectivity index (χ0v) is 9.85. The highest BCUT2D eigenvalue weighted by molar-refractivity contribution is 7.09. The second-order valence-corrected chi connectivity index (χ2v) is 4.64. The molecule has 1 aromatic heterocycles. The molecule has 0 aliphatic heterocycles. The van der Waals surface area contributed by atoms with Crippen molar-refractivity contribution < 1.29 is 5.11 Å². The summed E-state index contributed by atoms with van der Waals surface area (Å²) in [5.74, 6) is 0.846. The van der Waals surface area contributed by atoms with Gasteiger partial charge in [0, 0.05) is 18.0 Å². The molecule has 14 heavy (non-hydrogen) atoms. The lowest BCUT2D eigenvalue weighted by Gasteiger charge is -2.28. The van der Waals surface area contributed by atoms with Crippen LogP contribution in [0.2, 0.25) is 0 Å². The highest BCUT2D eigenvalue weighted by Crippen LogP contribution is 2.19. The Balaban J connectivity index is 2.68. The van der Waals surface area contributed by atoms with E-state index in [0.29, 0.717) is 0 Å². The Hall–Kier alpha value is -0.680. The van der Waals surface area contributed by atoms with Crippen LogP contribution >= 0.6 is 11.5 Å². The molecular weight excluding hydrogens is 198 g/mol. The molecule has 1 aromatic rings. The number of aliphatic hydroxyl groups is 1. The number of anilines is 1. The van der Waals surface area contributed by atoms with Gasteiger partial charge in [-0.15, -0.1) is 0 Å². The van der Waals surface area contributed by atoms with Crippen LogP contribution in [0.4, 0.5) is 5.13 Å². The smallest absolute Gasteiger partial charge is 0.203 e. The van der Waals surface area contributed by atoms with Crippen LogP contribution in [0.25, 0.3) is 0 Å². The van der Waals surface area contributed by atoms with Crippen molar-refractivity contribution >= 4 is 16.7 Å². The average molecular weight is 215 g/mol. The molecule has 0 aliphatic carbocycles. The van der Waals surface area contributed by atoms with Gasteiger partial charge < -0.3 is 10.4 Å². The first-order valence-electron chi connectivity index (χ1n) is 4.74. The Kier molecular flexibility index (Phi) is 3.44. The topological polar surface area (TPSA) is 58.0 Å². The lowest BCUT2D eigenvalue weighted by atomic mass is 9.99. The van der Waals surface area contributed by atoms with Gasteiger partial charge in [0.2, 0.25) is 5.13 Å². The third kappa shape index (κ3) is 2.65. The molecule has 1 atom stereocenters. The number of aryl methyl sites for hydroxylation is 1. The third-order valence-electron chi connectivity index (χ3n) is 2.26. The van der Waals surface area contributed by atoms with Crippen molar-refractivity contribution in [3.8, 4) is 0 Å². The van der Waals surface area contributed by atoms with Gasteiger partial charge in [-0.05, 0) is 20.8 Å². The van der Waals surface area contributed by atoms with Gasteiger partial charge in [-0.1, -0.05) is 6.92 Å². The molecule has 0 saturated heterocycles. The summed E-state index contributed by atoms with van der Waals surface area (Å²) < 4.78 is 4.16. The van der Waals surface area contributed by atoms with E-state index in [1.54, 1.807) is 6.92 Å². The molecule has 0 bridgehead atoms. The maximum Gasteiger partial charge on any atom is 0.203 e. The normalized spacial score (nSPS) is 14.1. The second kappa shape index (κ2) is 4.23. The molecule has 80 valence electrons. The Labute approximate surface area is 88.6 Å². The van der Waals surface area contributed by atoms with E-state index in [1.807, 2.05) is 20.8 Å². The summed E-state index contributed by atoms with van der Waals surface area (Å²) in [7, 11) is 0. The summed E-state index contributed by atoms with van der Waals surface area (Å²) >= 11 is 1.34. The first kappa shape index (κ1) is 11.4. The Bertz CT molecular complexity index is 296. The van der Waals surface area contributed by atoms with E-state index < -0.39 is 6.10 Å². The zero-order chi connectivity index (χ0) is 10.8. The van der Waals surface area contributed by atoms with E-state index in [0.717, 1.165) is 17.4 Å². The van der Waals surface area contributed by atoms with Crippen molar-refractivity contribution in [3.63, 3.8) is 0 Å². The van der Waals surface area contributed by atoms with E-state index >= 15 is 0 Å². The molecule has 0 spiro atoms. The molecule has 1 rings (SSSR count). The standard InChI is InChI=1S/C9H17N3OS/c1-5-7-10-8(14-12-7)11-9(3,4)6(2)13/h6,13H,5H2,1-4H3,(H,10,11,12). The fraction of sp³-hybridized carbons (Fsp3) is 0.778. The number of hydrogen-bond donors (Lipinski definition) is 2. The van der Waals surface area contributed by atoms with E-state index in [1.165, 1.54) is 11.5 Å². The van der Waals surface area contributed by atoms with Crippen LogP contribution in [-0.2, 0) is 6.42 Å². The minimum atomic E-state index is -0.434. The molecular formula is C9H17N3OS. The van der Waals surface area contributed by atoms with Crippen molar-refractivity contribution in [1.82, 2.24) is 9.36 Å². The van der Waals surface area contributed by atoms with E-state index in [9.17, 15) is 5.11 Å². The molecule has 0 aromatic carbocycles. The van der Waals surface area contributed by atoms with Crippen LogP contribution in [0, 0.1) is 0 Å². The number of rotatable bonds is 4. The molecule has 0 amide bonds. The molecule has 0 fully saturated rings. The fourth-order valence-electron chi connectivity index (χ4n) is 0.828. The largest absolute Gasteiger partial charge is 0.391 e. The Morgan fingerprint density at radius 3 is 2.64 bits per heavy atom. The lowest BCUT2D eigenvalue weighted by molar-refractivity contribution is 0.133. The number of nitrogens with zero attached hydrogens (tertiary/aromatic N) is 2. The van der Waals surface area contributed by atoms with E-state index in [-0.39, 0.29) is 5.54 Å². The molecule has 0 aliphatic rings. The van der Waals surface area contributed by atoms with Gasteiger partial charge in [0.05, 0.1) is 11.6 Å². The molecule has 2 N–H and O–H groups in total. The maximum absolute atomic E-state index is 9.50. The predicted molar refractivity (Wildman–Crippen MR) is 58.7 cm³/mol. The maximum atomic E-state index is 9.50. The molecule has 1 heterocycles. The monoisotopic (exact) mass is 215 g/mol. The first-order chi connectivity index (χ1) is 6.45. The minimum Gasteiger partial charge on any atom is -0.391 e. The van der Waals surface area contributed by atoms with Crippen LogP contribution in [0.1, 0.15) is 33.5 Å². The number of hydrogen-bond acceptors (Lipinski definition) is 5. The van der Waals surface area contributed by atoms with Gasteiger partial charge in [-0.25, -0.2) is 4.98 Å². The molecule has 0 radical (unpaired) electrons. The summed E-state index contributed by atoms with van der Waals surface area (Å²) in [5, 5.41) is 13.4. The van der Waals surface area contributed by atoms with E-state index in [2.05, 4.69) is 14.7 Å². The van der Waals surface area contributed by atoms with Crippen molar-refractivity contribution in [3.05, 3.63) is 5.82 Å². The van der Waals surface area contributed by atoms with Crippen molar-refractivity contribution in [2.45, 2.75) is 45.8 Å². The molecule has 4 nitrogen and oxygen atoms in total. The summed E-state index contributed by atoms with van der Waals surface area (Å²) in [6.45, 7) is 7.65. The van der Waals surface area contributed by atoms with Crippen LogP contribution in [-0.4, -0.2) is 26.1 Å². The number of aromatic nitrogens is 2. The second-order valence-electron chi connectivity index (χ2n) is 3.89. The number of aliphatic hydroxyl groups excluding tert-OH is 1.